The summed E-state index contributed by atoms with van der Waals surface area (Å²) in [5.41, 5.74) is 0.299. The van der Waals surface area contributed by atoms with E-state index in [2.05, 4.69) is 24.1 Å². The van der Waals surface area contributed by atoms with E-state index < -0.39 is 0 Å². The van der Waals surface area contributed by atoms with Gasteiger partial charge in [0.2, 0.25) is 0 Å². The summed E-state index contributed by atoms with van der Waals surface area (Å²) in [6.07, 6.45) is 6.13. The molecule has 20 heavy (non-hydrogen) atoms. The van der Waals surface area contributed by atoms with Crippen LogP contribution in [0.4, 0.5) is 0 Å². The predicted molar refractivity (Wildman–Crippen MR) is 85.5 cm³/mol. The Morgan fingerprint density at radius 3 is 3.25 bits per heavy atom. The minimum Gasteiger partial charge on any atom is -0.377 e. The third-order valence-electron chi connectivity index (χ3n) is 4.65. The zero-order chi connectivity index (χ0) is 14.0. The summed E-state index contributed by atoms with van der Waals surface area (Å²) in [6, 6.07) is 0.637. The average Bonchev–Trinajstić information content (AvgIpc) is 2.95. The first-order valence-electron chi connectivity index (χ1n) is 7.57. The molecule has 112 valence electrons. The molecule has 2 aliphatic rings. The van der Waals surface area contributed by atoms with Gasteiger partial charge in [-0.05, 0) is 25.8 Å². The van der Waals surface area contributed by atoms with E-state index >= 15 is 0 Å². The second-order valence-electron chi connectivity index (χ2n) is 6.35. The van der Waals surface area contributed by atoms with Gasteiger partial charge in [-0.2, -0.15) is 0 Å². The van der Waals surface area contributed by atoms with Crippen molar-refractivity contribution in [3.63, 3.8) is 0 Å². The predicted octanol–water partition coefficient (Wildman–Crippen LogP) is 3.42. The Hall–Kier alpha value is -0.100. The molecule has 5 heteroatoms. The van der Waals surface area contributed by atoms with Crippen LogP contribution in [0.2, 0.25) is 0 Å². The molecule has 2 heterocycles. The fraction of sp³-hybridized carbons (Fsp3) is 0.800. The van der Waals surface area contributed by atoms with Crippen LogP contribution in [-0.2, 0) is 4.74 Å². The van der Waals surface area contributed by atoms with E-state index in [0.29, 0.717) is 17.6 Å². The maximum Gasteiger partial charge on any atom is 0.149 e. The number of ether oxygens (including phenoxy) is 1. The maximum atomic E-state index is 5.95. The van der Waals surface area contributed by atoms with Crippen LogP contribution in [0.1, 0.15) is 33.1 Å². The van der Waals surface area contributed by atoms with Crippen LogP contribution in [0.25, 0.3) is 0 Å². The average molecular weight is 313 g/mol. The molecule has 0 amide bonds. The zero-order valence-electron chi connectivity index (χ0n) is 12.3. The molecule has 1 aliphatic heterocycles. The number of aromatic nitrogens is 1. The number of nitrogens with zero attached hydrogens (tertiary/aromatic N) is 1. The van der Waals surface area contributed by atoms with Gasteiger partial charge in [-0.25, -0.2) is 4.98 Å². The molecule has 2 fully saturated rings. The Balaban J connectivity index is 1.38. The van der Waals surface area contributed by atoms with Gasteiger partial charge in [-0.3, -0.25) is 0 Å². The Morgan fingerprint density at radius 1 is 1.55 bits per heavy atom. The maximum absolute atomic E-state index is 5.95. The molecule has 1 saturated heterocycles. The normalized spacial score (nSPS) is 31.6. The highest BCUT2D eigenvalue weighted by Crippen LogP contribution is 2.51. The van der Waals surface area contributed by atoms with Crippen molar-refractivity contribution in [3.8, 4) is 0 Å². The van der Waals surface area contributed by atoms with Crippen LogP contribution in [0.3, 0.4) is 0 Å². The summed E-state index contributed by atoms with van der Waals surface area (Å²) in [6.45, 7) is 6.76. The van der Waals surface area contributed by atoms with Crippen LogP contribution >= 0.6 is 23.1 Å². The zero-order valence-corrected chi connectivity index (χ0v) is 13.9. The van der Waals surface area contributed by atoms with Gasteiger partial charge in [0.15, 0.2) is 0 Å². The largest absolute Gasteiger partial charge is 0.377 e. The highest BCUT2D eigenvalue weighted by molar-refractivity contribution is 8.00. The fourth-order valence-corrected chi connectivity index (χ4v) is 5.36. The number of rotatable bonds is 6. The summed E-state index contributed by atoms with van der Waals surface area (Å²) in [5, 5.41) is 5.82. The first-order valence-corrected chi connectivity index (χ1v) is 9.43. The molecule has 1 aromatic rings. The summed E-state index contributed by atoms with van der Waals surface area (Å²) in [4.78, 5) is 4.30. The van der Waals surface area contributed by atoms with Gasteiger partial charge in [-0.1, -0.05) is 25.6 Å². The third-order valence-corrected chi connectivity index (χ3v) is 6.70. The van der Waals surface area contributed by atoms with Crippen LogP contribution in [0.15, 0.2) is 15.9 Å². The lowest BCUT2D eigenvalue weighted by molar-refractivity contribution is -0.192. The highest BCUT2D eigenvalue weighted by atomic mass is 32.2. The van der Waals surface area contributed by atoms with Crippen LogP contribution in [0, 0.1) is 11.3 Å². The molecule has 3 rings (SSSR count). The van der Waals surface area contributed by atoms with Crippen molar-refractivity contribution in [3.05, 3.63) is 11.6 Å². The molecular weight excluding hydrogens is 288 g/mol. The van der Waals surface area contributed by atoms with Gasteiger partial charge in [0.1, 0.15) is 4.34 Å². The number of nitrogens with one attached hydrogen (secondary N) is 1. The van der Waals surface area contributed by atoms with Gasteiger partial charge >= 0.3 is 0 Å². The molecule has 1 saturated carbocycles. The molecule has 1 aliphatic carbocycles. The number of hydrogen-bond acceptors (Lipinski definition) is 5. The second-order valence-corrected chi connectivity index (χ2v) is 8.59. The van der Waals surface area contributed by atoms with Crippen molar-refractivity contribution in [2.75, 3.05) is 18.9 Å². The lowest BCUT2D eigenvalue weighted by Crippen LogP contribution is -2.69. The van der Waals surface area contributed by atoms with E-state index in [4.69, 9.17) is 4.74 Å². The van der Waals surface area contributed by atoms with Gasteiger partial charge in [0.25, 0.3) is 0 Å². The second kappa shape index (κ2) is 6.34. The Labute approximate surface area is 129 Å². The summed E-state index contributed by atoms with van der Waals surface area (Å²) in [5.74, 6) is 1.89. The number of hydrogen-bond donors (Lipinski definition) is 1. The van der Waals surface area contributed by atoms with Crippen molar-refractivity contribution in [1.82, 2.24) is 10.3 Å². The number of thioether (sulfide) groups is 1. The van der Waals surface area contributed by atoms with Crippen molar-refractivity contribution in [1.29, 1.82) is 0 Å². The summed E-state index contributed by atoms with van der Waals surface area (Å²) < 4.78 is 7.14. The van der Waals surface area contributed by atoms with Crippen LogP contribution in [0.5, 0.6) is 0 Å². The molecule has 1 N–H and O–H groups in total. The van der Waals surface area contributed by atoms with Crippen molar-refractivity contribution >= 4 is 23.1 Å². The third kappa shape index (κ3) is 2.91. The molecule has 0 aromatic carbocycles. The number of fused-ring (bicyclic) bond motifs is 1. The Kier molecular flexibility index (Phi) is 4.70. The fourth-order valence-electron chi connectivity index (χ4n) is 3.71. The van der Waals surface area contributed by atoms with E-state index in [1.807, 2.05) is 23.3 Å². The lowest BCUT2D eigenvalue weighted by atomic mass is 9.55. The lowest BCUT2D eigenvalue weighted by Gasteiger charge is -2.60. The topological polar surface area (TPSA) is 34.2 Å². The molecule has 3 nitrogen and oxygen atoms in total. The molecule has 1 aromatic heterocycles. The highest BCUT2D eigenvalue weighted by Gasteiger charge is 2.57. The summed E-state index contributed by atoms with van der Waals surface area (Å²) >= 11 is 3.60. The van der Waals surface area contributed by atoms with Crippen molar-refractivity contribution in [2.24, 2.45) is 11.3 Å². The van der Waals surface area contributed by atoms with Crippen LogP contribution < -0.4 is 5.32 Å². The van der Waals surface area contributed by atoms with Crippen molar-refractivity contribution in [2.45, 2.75) is 49.6 Å². The number of thiazole rings is 1. The summed E-state index contributed by atoms with van der Waals surface area (Å²) in [7, 11) is 0. The molecule has 0 radical (unpaired) electrons. The van der Waals surface area contributed by atoms with Gasteiger partial charge in [0.05, 0.1) is 6.10 Å². The Bertz CT molecular complexity index is 422. The Morgan fingerprint density at radius 2 is 2.45 bits per heavy atom. The smallest absolute Gasteiger partial charge is 0.149 e. The van der Waals surface area contributed by atoms with E-state index in [1.54, 1.807) is 11.3 Å². The van der Waals surface area contributed by atoms with Gasteiger partial charge < -0.3 is 10.1 Å². The molecule has 0 spiro atoms. The molecule has 3 atom stereocenters. The van der Waals surface area contributed by atoms with E-state index in [9.17, 15) is 0 Å². The van der Waals surface area contributed by atoms with E-state index in [0.717, 1.165) is 24.8 Å². The van der Waals surface area contributed by atoms with Gasteiger partial charge in [0, 0.05) is 41.3 Å². The minimum absolute atomic E-state index is 0.299. The van der Waals surface area contributed by atoms with E-state index in [1.165, 1.54) is 23.6 Å². The van der Waals surface area contributed by atoms with Gasteiger partial charge in [-0.15, -0.1) is 11.3 Å². The molecule has 0 bridgehead atoms. The first-order chi connectivity index (χ1) is 9.69. The standard InChI is InChI=1S/C15H24N2OS2/c1-15(2)12(11-5-3-8-18-13(11)15)16-6-4-9-19-14-17-7-10-20-14/h7,10-13,16H,3-6,8-9H2,1-2H3/t11-,12+,13+/m0/s1. The SMILES string of the molecule is CC1(C)[C@H](NCCCSc2nccs2)[C@@H]2CCCO[C@H]21. The van der Waals surface area contributed by atoms with E-state index in [-0.39, 0.29) is 0 Å². The monoisotopic (exact) mass is 312 g/mol. The van der Waals surface area contributed by atoms with Crippen LogP contribution in [-0.4, -0.2) is 36.0 Å². The quantitative estimate of drug-likeness (QED) is 0.645. The molecule has 0 unspecified atom stereocenters. The van der Waals surface area contributed by atoms with Crippen molar-refractivity contribution < 1.29 is 4.74 Å². The molecular formula is C15H24N2OS2. The minimum atomic E-state index is 0.299. The first kappa shape index (κ1) is 14.8.